The van der Waals surface area contributed by atoms with Gasteiger partial charge in [0, 0.05) is 31.0 Å². The Balaban J connectivity index is 0.000000178. The van der Waals surface area contributed by atoms with Gasteiger partial charge in [-0.25, -0.2) is 0 Å². The first-order chi connectivity index (χ1) is 30.3. The lowest BCUT2D eigenvalue weighted by Gasteiger charge is -2.35. The van der Waals surface area contributed by atoms with Crippen LogP contribution in [0.5, 0.6) is 0 Å². The second kappa shape index (κ2) is 26.0. The van der Waals surface area contributed by atoms with E-state index in [1.54, 1.807) is 0 Å². The van der Waals surface area contributed by atoms with E-state index in [2.05, 4.69) is 73.1 Å². The van der Waals surface area contributed by atoms with Crippen LogP contribution in [0.3, 0.4) is 0 Å². The number of hydrogen-bond acceptors (Lipinski definition) is 8. The molecule has 3 saturated heterocycles. The van der Waals surface area contributed by atoms with E-state index >= 15 is 0 Å². The summed E-state index contributed by atoms with van der Waals surface area (Å²) in [6.07, 6.45) is 25.4. The monoisotopic (exact) mass is 892 g/mol. The minimum atomic E-state index is -0.633. The van der Waals surface area contributed by atoms with E-state index in [1.807, 2.05) is 52.8 Å². The molecule has 6 atom stereocenters. The molecule has 64 heavy (non-hydrogen) atoms. The van der Waals surface area contributed by atoms with Crippen LogP contribution in [0.1, 0.15) is 194 Å². The van der Waals surface area contributed by atoms with Crippen molar-refractivity contribution in [3.05, 3.63) is 71.3 Å². The second-order valence-electron chi connectivity index (χ2n) is 22.1. The molecule has 366 valence electrons. The summed E-state index contributed by atoms with van der Waals surface area (Å²) < 4.78 is 0. The molecule has 8 rings (SSSR count). The fourth-order valence-corrected chi connectivity index (χ4v) is 11.7. The Morgan fingerprint density at radius 3 is 1.28 bits per heavy atom. The van der Waals surface area contributed by atoms with Crippen molar-refractivity contribution in [3.63, 3.8) is 0 Å². The predicted octanol–water partition coefficient (Wildman–Crippen LogP) is 10.1. The van der Waals surface area contributed by atoms with Crippen molar-refractivity contribution in [2.45, 2.75) is 243 Å². The van der Waals surface area contributed by atoms with E-state index in [0.29, 0.717) is 29.8 Å². The number of nitrogens with one attached hydrogen (secondary N) is 3. The zero-order valence-electron chi connectivity index (χ0n) is 42.1. The topological polar surface area (TPSA) is 137 Å². The maximum Gasteiger partial charge on any atom is 0.0812 e. The van der Waals surface area contributed by atoms with Crippen molar-refractivity contribution in [2.24, 2.45) is 17.8 Å². The molecule has 2 aromatic carbocycles. The molecule has 0 bridgehead atoms. The van der Waals surface area contributed by atoms with Crippen molar-refractivity contribution in [2.75, 3.05) is 19.6 Å². The maximum atomic E-state index is 10.5. The lowest BCUT2D eigenvalue weighted by Crippen LogP contribution is -2.50. The van der Waals surface area contributed by atoms with Crippen LogP contribution in [0.4, 0.5) is 0 Å². The molecule has 2 aromatic rings. The van der Waals surface area contributed by atoms with E-state index in [-0.39, 0.29) is 6.04 Å². The van der Waals surface area contributed by atoms with Gasteiger partial charge in [-0.2, -0.15) is 0 Å². The van der Waals surface area contributed by atoms with E-state index in [0.717, 1.165) is 64.6 Å². The molecule has 0 spiro atoms. The highest BCUT2D eigenvalue weighted by Crippen LogP contribution is 2.38. The zero-order valence-corrected chi connectivity index (χ0v) is 42.1. The van der Waals surface area contributed by atoms with E-state index in [1.165, 1.54) is 113 Å². The van der Waals surface area contributed by atoms with Crippen molar-refractivity contribution in [1.82, 2.24) is 16.0 Å². The third kappa shape index (κ3) is 17.3. The molecular formula is C56H97N3O5. The molecule has 3 heterocycles. The smallest absolute Gasteiger partial charge is 0.0812 e. The van der Waals surface area contributed by atoms with Crippen molar-refractivity contribution in [3.8, 4) is 0 Å². The van der Waals surface area contributed by atoms with Gasteiger partial charge in [0.05, 0.1) is 28.0 Å². The summed E-state index contributed by atoms with van der Waals surface area (Å²) in [6.45, 7) is 19.2. The molecule has 8 nitrogen and oxygen atoms in total. The lowest BCUT2D eigenvalue weighted by atomic mass is 9.81. The minimum Gasteiger partial charge on any atom is -0.390 e. The molecule has 3 aliphatic carbocycles. The normalized spacial score (nSPS) is 25.9. The van der Waals surface area contributed by atoms with E-state index in [4.69, 9.17) is 0 Å². The van der Waals surface area contributed by atoms with Crippen molar-refractivity contribution < 1.29 is 25.5 Å². The minimum absolute atomic E-state index is 0.244. The number of rotatable bonds is 12. The summed E-state index contributed by atoms with van der Waals surface area (Å²) in [6, 6.07) is 19.7. The quantitative estimate of drug-likeness (QED) is 0.106. The first-order valence-corrected chi connectivity index (χ1v) is 26.2. The third-order valence-corrected chi connectivity index (χ3v) is 16.4. The highest BCUT2D eigenvalue weighted by molar-refractivity contribution is 5.23. The molecule has 0 aromatic heterocycles. The van der Waals surface area contributed by atoms with Gasteiger partial charge in [0.15, 0.2) is 0 Å². The van der Waals surface area contributed by atoms with Gasteiger partial charge in [-0.05, 0) is 180 Å². The molecular weight excluding hydrogens is 795 g/mol. The number of aryl methyl sites for hydroxylation is 1. The summed E-state index contributed by atoms with van der Waals surface area (Å²) in [7, 11) is 0. The van der Waals surface area contributed by atoms with Gasteiger partial charge >= 0.3 is 0 Å². The highest BCUT2D eigenvalue weighted by Gasteiger charge is 2.42. The Hall–Kier alpha value is -1.88. The lowest BCUT2D eigenvalue weighted by molar-refractivity contribution is -0.0276. The van der Waals surface area contributed by atoms with Crippen LogP contribution in [0.15, 0.2) is 54.6 Å². The molecule has 6 aliphatic rings. The zero-order chi connectivity index (χ0) is 46.9. The molecule has 0 amide bonds. The average molecular weight is 892 g/mol. The van der Waals surface area contributed by atoms with Gasteiger partial charge in [0.2, 0.25) is 0 Å². The van der Waals surface area contributed by atoms with Crippen LogP contribution in [0.2, 0.25) is 0 Å². The largest absolute Gasteiger partial charge is 0.390 e. The second-order valence-corrected chi connectivity index (χ2v) is 22.1. The summed E-state index contributed by atoms with van der Waals surface area (Å²) >= 11 is 0. The summed E-state index contributed by atoms with van der Waals surface area (Å²) in [5, 5.41) is 61.1. The first kappa shape index (κ1) is 54.7. The fourth-order valence-electron chi connectivity index (χ4n) is 11.7. The van der Waals surface area contributed by atoms with Crippen molar-refractivity contribution >= 4 is 0 Å². The standard InChI is InChI=1S/C14H21NO.C14H20O.C11H21NO.C9H19NO.C8H16O/c1-11-5-7-12(8-6-11)10-14(2,16)13-4-3-9-15-13;1-14(15,13-9-5-6-10-13)11-12-7-3-2-4-8-12;1-11(13,9-5-2-3-6-9)10-7-4-8-12-10;1-3-9(11,4-2)8-6-5-7-10-8;1-8(2,9)7-5-3-4-6-7/h5-8,13,15-16H,3-4,9-10H2,1-2H3;2-4,7-8,13,15H,5-6,9-11H2,1H3;9-10,12-13H,2-8H2,1H3;8,10-11H,3-7H2,1-2H3;7,9H,3-6H2,1-2H3/t13-,14+;14-;10-,11+;8-;/m0100./s1. The summed E-state index contributed by atoms with van der Waals surface area (Å²) in [5.41, 5.74) is 1.25. The van der Waals surface area contributed by atoms with Crippen molar-refractivity contribution in [1.29, 1.82) is 0 Å². The Labute approximate surface area is 391 Å². The summed E-state index contributed by atoms with van der Waals surface area (Å²) in [5.74, 6) is 1.61. The van der Waals surface area contributed by atoms with Gasteiger partial charge in [-0.15, -0.1) is 0 Å². The SMILES string of the molecule is CC(C)(O)C1CCCC1.CCC(O)(CC)[C@@H]1CCCN1.C[C@@](O)(C1CCCC1)[C@@H]1CCCN1.C[C@@](O)(Cc1ccccc1)C1CCCC1.Cc1ccc(C[C@@](C)(O)[C@@H]2CCCN2)cc1. The Bertz CT molecular complexity index is 1500. The molecule has 0 radical (unpaired) electrons. The maximum absolute atomic E-state index is 10.5. The molecule has 8 N–H and O–H groups in total. The average Bonchev–Trinajstić information content (AvgIpc) is 4.13. The van der Waals surface area contributed by atoms with Crippen LogP contribution in [-0.4, -0.2) is 91.3 Å². The molecule has 8 heteroatoms. The van der Waals surface area contributed by atoms with Gasteiger partial charge in [0.25, 0.3) is 0 Å². The van der Waals surface area contributed by atoms with Crippen LogP contribution in [0, 0.1) is 24.7 Å². The van der Waals surface area contributed by atoms with Crippen LogP contribution in [0.25, 0.3) is 0 Å². The Kier molecular flexibility index (Phi) is 22.3. The first-order valence-electron chi connectivity index (χ1n) is 26.2. The molecule has 3 aliphatic heterocycles. The van der Waals surface area contributed by atoms with Crippen LogP contribution in [-0.2, 0) is 12.8 Å². The van der Waals surface area contributed by atoms with Gasteiger partial charge in [-0.3, -0.25) is 0 Å². The van der Waals surface area contributed by atoms with E-state index in [9.17, 15) is 25.5 Å². The van der Waals surface area contributed by atoms with Gasteiger partial charge in [0.1, 0.15) is 0 Å². The molecule has 6 fully saturated rings. The molecule has 3 saturated carbocycles. The predicted molar refractivity (Wildman–Crippen MR) is 268 cm³/mol. The molecule has 0 unspecified atom stereocenters. The van der Waals surface area contributed by atoms with Crippen LogP contribution < -0.4 is 16.0 Å². The van der Waals surface area contributed by atoms with Gasteiger partial charge < -0.3 is 41.5 Å². The summed E-state index contributed by atoms with van der Waals surface area (Å²) in [4.78, 5) is 0. The number of hydrogen-bond donors (Lipinski definition) is 8. The Morgan fingerprint density at radius 1 is 0.453 bits per heavy atom. The van der Waals surface area contributed by atoms with E-state index < -0.39 is 28.0 Å². The van der Waals surface area contributed by atoms with Crippen LogP contribution >= 0.6 is 0 Å². The fraction of sp³-hybridized carbons (Fsp3) is 0.786. The Morgan fingerprint density at radius 2 is 0.859 bits per heavy atom. The number of aliphatic hydroxyl groups is 5. The highest BCUT2D eigenvalue weighted by atomic mass is 16.3. The number of benzene rings is 2. The third-order valence-electron chi connectivity index (χ3n) is 16.4. The van der Waals surface area contributed by atoms with Gasteiger partial charge in [-0.1, -0.05) is 113 Å².